The van der Waals surface area contributed by atoms with Gasteiger partial charge in [0.25, 0.3) is 0 Å². The van der Waals surface area contributed by atoms with Gasteiger partial charge in [0.1, 0.15) is 0 Å². The summed E-state index contributed by atoms with van der Waals surface area (Å²) in [7, 11) is 0. The summed E-state index contributed by atoms with van der Waals surface area (Å²) in [5.74, 6) is 0.927. The maximum Gasteiger partial charge on any atom is 0.220 e. The van der Waals surface area contributed by atoms with Crippen LogP contribution in [-0.4, -0.2) is 18.5 Å². The van der Waals surface area contributed by atoms with Gasteiger partial charge in [0.05, 0.1) is 0 Å². The Labute approximate surface area is 129 Å². The van der Waals surface area contributed by atoms with Crippen LogP contribution in [0.3, 0.4) is 0 Å². The molecule has 2 aliphatic carbocycles. The standard InChI is InChI=1S/C16H30N2O.ClH/c1-13(14-7-3-4-8-14)18-15(19)11-16(12-17)9-5-2-6-10-16;/h13-14H,2-12,17H2,1H3,(H,18,19);1H. The molecule has 0 spiro atoms. The lowest BCUT2D eigenvalue weighted by atomic mass is 9.71. The van der Waals surface area contributed by atoms with Gasteiger partial charge < -0.3 is 11.1 Å². The molecule has 1 atom stereocenters. The van der Waals surface area contributed by atoms with E-state index >= 15 is 0 Å². The van der Waals surface area contributed by atoms with Crippen molar-refractivity contribution in [1.82, 2.24) is 5.32 Å². The first-order valence-corrected chi connectivity index (χ1v) is 8.15. The summed E-state index contributed by atoms with van der Waals surface area (Å²) in [6.07, 6.45) is 11.9. The van der Waals surface area contributed by atoms with Gasteiger partial charge in [0.15, 0.2) is 0 Å². The van der Waals surface area contributed by atoms with Crippen molar-refractivity contribution in [2.45, 2.75) is 77.2 Å². The zero-order chi connectivity index (χ0) is 13.7. The van der Waals surface area contributed by atoms with Gasteiger partial charge in [-0.05, 0) is 50.5 Å². The quantitative estimate of drug-likeness (QED) is 0.818. The fraction of sp³-hybridized carbons (Fsp3) is 0.938. The number of nitrogens with one attached hydrogen (secondary N) is 1. The second-order valence-electron chi connectivity index (χ2n) is 6.84. The van der Waals surface area contributed by atoms with Crippen LogP contribution in [0.5, 0.6) is 0 Å². The predicted octanol–water partition coefficient (Wildman–Crippen LogP) is 3.40. The molecule has 4 heteroatoms. The van der Waals surface area contributed by atoms with Crippen LogP contribution >= 0.6 is 12.4 Å². The van der Waals surface area contributed by atoms with E-state index < -0.39 is 0 Å². The summed E-state index contributed by atoms with van der Waals surface area (Å²) in [5, 5.41) is 3.23. The van der Waals surface area contributed by atoms with Gasteiger partial charge >= 0.3 is 0 Å². The second kappa shape index (κ2) is 8.23. The number of hydrogen-bond acceptors (Lipinski definition) is 2. The smallest absolute Gasteiger partial charge is 0.220 e. The van der Waals surface area contributed by atoms with E-state index in [1.54, 1.807) is 0 Å². The van der Waals surface area contributed by atoms with Crippen LogP contribution in [0.25, 0.3) is 0 Å². The van der Waals surface area contributed by atoms with Crippen LogP contribution in [-0.2, 0) is 4.79 Å². The lowest BCUT2D eigenvalue weighted by Gasteiger charge is -2.36. The topological polar surface area (TPSA) is 55.1 Å². The molecule has 0 aliphatic heterocycles. The van der Waals surface area contributed by atoms with E-state index in [2.05, 4.69) is 12.2 Å². The van der Waals surface area contributed by atoms with Gasteiger partial charge in [-0.1, -0.05) is 32.1 Å². The van der Waals surface area contributed by atoms with Crippen molar-refractivity contribution in [2.24, 2.45) is 17.1 Å². The van der Waals surface area contributed by atoms with E-state index in [4.69, 9.17) is 5.73 Å². The lowest BCUT2D eigenvalue weighted by molar-refractivity contribution is -0.124. The zero-order valence-electron chi connectivity index (χ0n) is 12.8. The van der Waals surface area contributed by atoms with Crippen LogP contribution in [0.4, 0.5) is 0 Å². The molecule has 2 fully saturated rings. The van der Waals surface area contributed by atoms with Gasteiger partial charge in [-0.2, -0.15) is 0 Å². The fourth-order valence-electron chi connectivity index (χ4n) is 3.98. The van der Waals surface area contributed by atoms with E-state index in [-0.39, 0.29) is 23.7 Å². The van der Waals surface area contributed by atoms with Gasteiger partial charge in [-0.25, -0.2) is 0 Å². The minimum absolute atomic E-state index is 0. The lowest BCUT2D eigenvalue weighted by Crippen LogP contribution is -2.42. The molecular formula is C16H31ClN2O. The number of rotatable bonds is 5. The Morgan fingerprint density at radius 2 is 1.80 bits per heavy atom. The molecular weight excluding hydrogens is 272 g/mol. The van der Waals surface area contributed by atoms with Crippen molar-refractivity contribution >= 4 is 18.3 Å². The highest BCUT2D eigenvalue weighted by molar-refractivity contribution is 5.85. The molecule has 118 valence electrons. The Hall–Kier alpha value is -0.280. The highest BCUT2D eigenvalue weighted by atomic mass is 35.5. The third kappa shape index (κ3) is 4.63. The molecule has 0 aromatic rings. The summed E-state index contributed by atoms with van der Waals surface area (Å²) < 4.78 is 0. The first kappa shape index (κ1) is 17.8. The maximum absolute atomic E-state index is 12.3. The van der Waals surface area contributed by atoms with Crippen molar-refractivity contribution in [3.05, 3.63) is 0 Å². The number of amides is 1. The zero-order valence-corrected chi connectivity index (χ0v) is 13.6. The summed E-state index contributed by atoms with van der Waals surface area (Å²) in [5.41, 5.74) is 6.05. The van der Waals surface area contributed by atoms with Crippen molar-refractivity contribution in [3.63, 3.8) is 0 Å². The van der Waals surface area contributed by atoms with Crippen LogP contribution in [0.1, 0.15) is 71.1 Å². The molecule has 3 N–H and O–H groups in total. The number of nitrogens with two attached hydrogens (primary N) is 1. The molecule has 20 heavy (non-hydrogen) atoms. The molecule has 2 aliphatic rings. The van der Waals surface area contributed by atoms with E-state index in [1.807, 2.05) is 0 Å². The Morgan fingerprint density at radius 3 is 2.35 bits per heavy atom. The van der Waals surface area contributed by atoms with E-state index in [0.717, 1.165) is 12.8 Å². The van der Waals surface area contributed by atoms with Crippen LogP contribution in [0.15, 0.2) is 0 Å². The Balaban J connectivity index is 0.00000200. The molecule has 0 radical (unpaired) electrons. The summed E-state index contributed by atoms with van der Waals surface area (Å²) >= 11 is 0. The molecule has 0 saturated heterocycles. The number of hydrogen-bond donors (Lipinski definition) is 2. The van der Waals surface area contributed by atoms with Crippen molar-refractivity contribution < 1.29 is 4.79 Å². The number of carbonyl (C=O) groups is 1. The normalized spacial score (nSPS) is 23.9. The average molecular weight is 303 g/mol. The SMILES string of the molecule is CC(NC(=O)CC1(CN)CCCCC1)C1CCCC1.Cl. The van der Waals surface area contributed by atoms with E-state index in [9.17, 15) is 4.79 Å². The number of carbonyl (C=O) groups excluding carboxylic acids is 1. The van der Waals surface area contributed by atoms with Crippen LogP contribution in [0.2, 0.25) is 0 Å². The summed E-state index contributed by atoms with van der Waals surface area (Å²) in [6.45, 7) is 2.84. The van der Waals surface area contributed by atoms with Crippen molar-refractivity contribution in [3.8, 4) is 0 Å². The maximum atomic E-state index is 12.3. The second-order valence-corrected chi connectivity index (χ2v) is 6.84. The summed E-state index contributed by atoms with van der Waals surface area (Å²) in [6, 6.07) is 0.341. The highest BCUT2D eigenvalue weighted by Crippen LogP contribution is 2.38. The largest absolute Gasteiger partial charge is 0.353 e. The molecule has 0 heterocycles. The van der Waals surface area contributed by atoms with E-state index in [1.165, 1.54) is 44.9 Å². The Bertz CT molecular complexity index is 297. The van der Waals surface area contributed by atoms with Gasteiger partial charge in [-0.3, -0.25) is 4.79 Å². The molecule has 0 bridgehead atoms. The van der Waals surface area contributed by atoms with Crippen LogP contribution in [0, 0.1) is 11.3 Å². The third-order valence-electron chi connectivity index (χ3n) is 5.38. The monoisotopic (exact) mass is 302 g/mol. The van der Waals surface area contributed by atoms with Crippen LogP contribution < -0.4 is 11.1 Å². The van der Waals surface area contributed by atoms with Gasteiger partial charge in [-0.15, -0.1) is 12.4 Å². The molecule has 2 rings (SSSR count). The average Bonchev–Trinajstić information content (AvgIpc) is 2.93. The highest BCUT2D eigenvalue weighted by Gasteiger charge is 2.33. The first-order chi connectivity index (χ1) is 9.15. The van der Waals surface area contributed by atoms with Crippen molar-refractivity contribution in [2.75, 3.05) is 6.54 Å². The Morgan fingerprint density at radius 1 is 1.20 bits per heavy atom. The number of halogens is 1. The minimum Gasteiger partial charge on any atom is -0.353 e. The third-order valence-corrected chi connectivity index (χ3v) is 5.38. The van der Waals surface area contributed by atoms with Gasteiger partial charge in [0, 0.05) is 12.5 Å². The van der Waals surface area contributed by atoms with Gasteiger partial charge in [0.2, 0.25) is 5.91 Å². The molecule has 1 unspecified atom stereocenters. The fourth-order valence-corrected chi connectivity index (χ4v) is 3.98. The summed E-state index contributed by atoms with van der Waals surface area (Å²) in [4.78, 5) is 12.3. The van der Waals surface area contributed by atoms with Crippen molar-refractivity contribution in [1.29, 1.82) is 0 Å². The molecule has 1 amide bonds. The Kier molecular flexibility index (Phi) is 7.32. The molecule has 2 saturated carbocycles. The predicted molar refractivity (Wildman–Crippen MR) is 86.0 cm³/mol. The molecule has 0 aromatic carbocycles. The minimum atomic E-state index is 0. The first-order valence-electron chi connectivity index (χ1n) is 8.15. The molecule has 0 aromatic heterocycles. The molecule has 3 nitrogen and oxygen atoms in total. The van der Waals surface area contributed by atoms with E-state index in [0.29, 0.717) is 24.9 Å².